The van der Waals surface area contributed by atoms with Gasteiger partial charge in [0.05, 0.1) is 22.6 Å². The Morgan fingerprint density at radius 1 is 1.45 bits per heavy atom. The van der Waals surface area contributed by atoms with E-state index in [1.165, 1.54) is 6.26 Å². The molecule has 0 saturated heterocycles. The molecule has 0 aliphatic rings. The third-order valence-corrected chi connectivity index (χ3v) is 3.41. The van der Waals surface area contributed by atoms with Crippen molar-refractivity contribution in [2.45, 2.75) is 13.0 Å². The maximum Gasteiger partial charge on any atom is 0.255 e. The van der Waals surface area contributed by atoms with Gasteiger partial charge in [0, 0.05) is 6.07 Å². The normalized spacial score (nSPS) is 12.5. The molecule has 2 aromatic heterocycles. The van der Waals surface area contributed by atoms with Gasteiger partial charge >= 0.3 is 0 Å². The lowest BCUT2D eigenvalue weighted by atomic mass is 10.2. The molecule has 2 heterocycles. The number of halogens is 1. The number of para-hydroxylation sites is 2. The van der Waals surface area contributed by atoms with Crippen molar-refractivity contribution in [1.29, 1.82) is 0 Å². The van der Waals surface area contributed by atoms with Crippen molar-refractivity contribution < 1.29 is 9.21 Å². The van der Waals surface area contributed by atoms with Gasteiger partial charge in [0.1, 0.15) is 12.1 Å². The van der Waals surface area contributed by atoms with E-state index in [-0.39, 0.29) is 11.9 Å². The molecule has 102 valence electrons. The highest BCUT2D eigenvalue weighted by molar-refractivity contribution is 9.10. The molecule has 0 fully saturated rings. The number of H-pyrrole nitrogens is 1. The van der Waals surface area contributed by atoms with E-state index in [9.17, 15) is 4.79 Å². The van der Waals surface area contributed by atoms with E-state index in [1.54, 1.807) is 6.07 Å². The Labute approximate surface area is 123 Å². The third-order valence-electron chi connectivity index (χ3n) is 3.00. The Balaban J connectivity index is 1.78. The minimum atomic E-state index is -0.219. The molecule has 0 saturated carbocycles. The van der Waals surface area contributed by atoms with E-state index in [4.69, 9.17) is 4.42 Å². The van der Waals surface area contributed by atoms with Crippen molar-refractivity contribution >= 4 is 32.9 Å². The lowest BCUT2D eigenvalue weighted by Gasteiger charge is -2.10. The molecule has 0 aliphatic heterocycles. The summed E-state index contributed by atoms with van der Waals surface area (Å²) in [5.74, 6) is 0.523. The van der Waals surface area contributed by atoms with Gasteiger partial charge in [-0.3, -0.25) is 4.79 Å². The summed E-state index contributed by atoms with van der Waals surface area (Å²) < 4.78 is 5.58. The molecule has 0 aliphatic carbocycles. The Bertz CT molecular complexity index is 729. The van der Waals surface area contributed by atoms with E-state index in [1.807, 2.05) is 31.2 Å². The largest absolute Gasteiger partial charge is 0.457 e. The summed E-state index contributed by atoms with van der Waals surface area (Å²) in [5.41, 5.74) is 2.31. The molecule has 3 aromatic rings. The number of carbonyl (C=O) groups excluding carboxylic acids is 1. The van der Waals surface area contributed by atoms with Crippen molar-refractivity contribution in [2.75, 3.05) is 0 Å². The van der Waals surface area contributed by atoms with Gasteiger partial charge in [0.15, 0.2) is 4.67 Å². The SMILES string of the molecule is C[C@H](NC(=O)c1coc(Br)c1)c1nc2ccccc2[nH]1. The highest BCUT2D eigenvalue weighted by atomic mass is 79.9. The fourth-order valence-corrected chi connectivity index (χ4v) is 2.30. The predicted octanol–water partition coefficient (Wildman–Crippen LogP) is 3.41. The maximum atomic E-state index is 12.0. The van der Waals surface area contributed by atoms with Crippen molar-refractivity contribution in [1.82, 2.24) is 15.3 Å². The summed E-state index contributed by atoms with van der Waals surface area (Å²) in [4.78, 5) is 19.7. The average molecular weight is 334 g/mol. The number of benzene rings is 1. The molecule has 5 nitrogen and oxygen atoms in total. The Kier molecular flexibility index (Phi) is 3.31. The van der Waals surface area contributed by atoms with Gasteiger partial charge in [-0.2, -0.15) is 0 Å². The van der Waals surface area contributed by atoms with Crippen molar-refractivity contribution in [3.05, 3.63) is 52.7 Å². The number of nitrogens with zero attached hydrogens (tertiary/aromatic N) is 1. The van der Waals surface area contributed by atoms with Crippen LogP contribution in [0.1, 0.15) is 29.1 Å². The van der Waals surface area contributed by atoms with Gasteiger partial charge in [-0.15, -0.1) is 0 Å². The second-order valence-corrected chi connectivity index (χ2v) is 5.26. The lowest BCUT2D eigenvalue weighted by Crippen LogP contribution is -2.26. The average Bonchev–Trinajstić information content (AvgIpc) is 3.04. The summed E-state index contributed by atoms with van der Waals surface area (Å²) in [6, 6.07) is 9.16. The predicted molar refractivity (Wildman–Crippen MR) is 78.4 cm³/mol. The van der Waals surface area contributed by atoms with E-state index in [0.717, 1.165) is 16.9 Å². The van der Waals surface area contributed by atoms with E-state index in [0.29, 0.717) is 10.2 Å². The number of rotatable bonds is 3. The number of hydrogen-bond donors (Lipinski definition) is 2. The van der Waals surface area contributed by atoms with Crippen LogP contribution < -0.4 is 5.32 Å². The molecule has 1 amide bonds. The number of hydrogen-bond acceptors (Lipinski definition) is 3. The Morgan fingerprint density at radius 2 is 2.25 bits per heavy atom. The molecule has 0 unspecified atom stereocenters. The van der Waals surface area contributed by atoms with Crippen LogP contribution in [0.15, 0.2) is 45.7 Å². The molecule has 20 heavy (non-hydrogen) atoms. The van der Waals surface area contributed by atoms with Gasteiger partial charge in [-0.1, -0.05) is 12.1 Å². The van der Waals surface area contributed by atoms with Crippen molar-refractivity contribution in [3.8, 4) is 0 Å². The van der Waals surface area contributed by atoms with Crippen LogP contribution in [0, 0.1) is 0 Å². The van der Waals surface area contributed by atoms with E-state index < -0.39 is 0 Å². The minimum absolute atomic E-state index is 0.201. The van der Waals surface area contributed by atoms with Crippen LogP contribution in [-0.2, 0) is 0 Å². The molecular formula is C14H12BrN3O2. The van der Waals surface area contributed by atoms with Gasteiger partial charge in [-0.25, -0.2) is 4.98 Å². The molecular weight excluding hydrogens is 322 g/mol. The van der Waals surface area contributed by atoms with E-state index in [2.05, 4.69) is 31.2 Å². The standard InChI is InChI=1S/C14H12BrN3O2/c1-8(16-14(19)9-6-12(15)20-7-9)13-17-10-4-2-3-5-11(10)18-13/h2-8H,1H3,(H,16,19)(H,17,18)/t8-/m0/s1. The maximum absolute atomic E-state index is 12.0. The number of imidazole rings is 1. The summed E-state index contributed by atoms with van der Waals surface area (Å²) in [6.45, 7) is 1.88. The molecule has 1 atom stereocenters. The van der Waals surface area contributed by atoms with Crippen molar-refractivity contribution in [2.24, 2.45) is 0 Å². The summed E-state index contributed by atoms with van der Waals surface area (Å²) in [7, 11) is 0. The van der Waals surface area contributed by atoms with Crippen LogP contribution in [0.5, 0.6) is 0 Å². The van der Waals surface area contributed by atoms with Crippen LogP contribution in [0.2, 0.25) is 0 Å². The molecule has 1 aromatic carbocycles. The number of amides is 1. The summed E-state index contributed by atoms with van der Waals surface area (Å²) >= 11 is 3.17. The Morgan fingerprint density at radius 3 is 2.95 bits per heavy atom. The number of aromatic amines is 1. The lowest BCUT2D eigenvalue weighted by molar-refractivity contribution is 0.0938. The summed E-state index contributed by atoms with van der Waals surface area (Å²) in [6.07, 6.45) is 1.41. The number of furan rings is 1. The van der Waals surface area contributed by atoms with Gasteiger partial charge in [0.2, 0.25) is 0 Å². The second kappa shape index (κ2) is 5.13. The second-order valence-electron chi connectivity index (χ2n) is 4.47. The minimum Gasteiger partial charge on any atom is -0.457 e. The van der Waals surface area contributed by atoms with Gasteiger partial charge < -0.3 is 14.7 Å². The first-order chi connectivity index (χ1) is 9.63. The van der Waals surface area contributed by atoms with Crippen LogP contribution in [-0.4, -0.2) is 15.9 Å². The molecule has 0 radical (unpaired) electrons. The Hall–Kier alpha value is -2.08. The number of nitrogens with one attached hydrogen (secondary N) is 2. The first kappa shape index (κ1) is 12.9. The number of fused-ring (bicyclic) bond motifs is 1. The highest BCUT2D eigenvalue weighted by Crippen LogP contribution is 2.17. The zero-order chi connectivity index (χ0) is 14.1. The van der Waals surface area contributed by atoms with Gasteiger partial charge in [0.25, 0.3) is 5.91 Å². The van der Waals surface area contributed by atoms with Crippen LogP contribution in [0.3, 0.4) is 0 Å². The third kappa shape index (κ3) is 2.46. The molecule has 6 heteroatoms. The van der Waals surface area contributed by atoms with Crippen LogP contribution >= 0.6 is 15.9 Å². The number of aromatic nitrogens is 2. The highest BCUT2D eigenvalue weighted by Gasteiger charge is 2.16. The fraction of sp³-hybridized carbons (Fsp3) is 0.143. The molecule has 2 N–H and O–H groups in total. The topological polar surface area (TPSA) is 70.9 Å². The molecule has 0 spiro atoms. The van der Waals surface area contributed by atoms with E-state index >= 15 is 0 Å². The monoisotopic (exact) mass is 333 g/mol. The van der Waals surface area contributed by atoms with Crippen LogP contribution in [0.4, 0.5) is 0 Å². The van der Waals surface area contributed by atoms with Crippen LogP contribution in [0.25, 0.3) is 11.0 Å². The summed E-state index contributed by atoms with van der Waals surface area (Å²) in [5, 5.41) is 2.87. The molecule has 3 rings (SSSR count). The first-order valence-corrected chi connectivity index (χ1v) is 6.92. The number of carbonyl (C=O) groups is 1. The first-order valence-electron chi connectivity index (χ1n) is 6.13. The zero-order valence-electron chi connectivity index (χ0n) is 10.7. The van der Waals surface area contributed by atoms with Crippen molar-refractivity contribution in [3.63, 3.8) is 0 Å². The quantitative estimate of drug-likeness (QED) is 0.771. The fourth-order valence-electron chi connectivity index (χ4n) is 1.96. The smallest absolute Gasteiger partial charge is 0.255 e. The molecule has 0 bridgehead atoms. The zero-order valence-corrected chi connectivity index (χ0v) is 12.3. The van der Waals surface area contributed by atoms with Gasteiger partial charge in [-0.05, 0) is 35.0 Å².